The largest absolute Gasteiger partial charge is 0.459 e. The van der Waals surface area contributed by atoms with E-state index in [0.717, 1.165) is 25.1 Å². The van der Waals surface area contributed by atoms with Gasteiger partial charge in [0.2, 0.25) is 10.0 Å². The van der Waals surface area contributed by atoms with Crippen LogP contribution in [0.2, 0.25) is 0 Å². The van der Waals surface area contributed by atoms with Gasteiger partial charge in [-0.15, -0.1) is 0 Å². The van der Waals surface area contributed by atoms with E-state index in [0.29, 0.717) is 45.0 Å². The molecular formula is C19H24N4O4S. The van der Waals surface area contributed by atoms with Crippen LogP contribution in [0.4, 0.5) is 5.82 Å². The number of pyridine rings is 1. The Bertz CT molecular complexity index is 898. The van der Waals surface area contributed by atoms with Crippen LogP contribution in [0.25, 0.3) is 0 Å². The summed E-state index contributed by atoms with van der Waals surface area (Å²) in [6.07, 6.45) is 5.83. The zero-order chi connectivity index (χ0) is 19.6. The molecule has 0 radical (unpaired) electrons. The number of piperidine rings is 1. The summed E-state index contributed by atoms with van der Waals surface area (Å²) in [4.78, 5) is 20.8. The highest BCUT2D eigenvalue weighted by Gasteiger charge is 2.27. The van der Waals surface area contributed by atoms with Gasteiger partial charge in [0.15, 0.2) is 5.76 Å². The van der Waals surface area contributed by atoms with Crippen molar-refractivity contribution in [3.05, 3.63) is 42.5 Å². The first kappa shape index (κ1) is 18.9. The molecule has 0 atom stereocenters. The summed E-state index contributed by atoms with van der Waals surface area (Å²) < 4.78 is 32.2. The van der Waals surface area contributed by atoms with Crippen LogP contribution in [-0.2, 0) is 10.0 Å². The van der Waals surface area contributed by atoms with Crippen LogP contribution in [0.3, 0.4) is 0 Å². The number of nitrogens with zero attached hydrogens (tertiary/aromatic N) is 4. The number of rotatable bonds is 4. The second kappa shape index (κ2) is 7.92. The minimum Gasteiger partial charge on any atom is -0.459 e. The molecule has 8 nitrogen and oxygen atoms in total. The first-order valence-electron chi connectivity index (χ1n) is 9.60. The molecule has 0 aromatic carbocycles. The zero-order valence-corrected chi connectivity index (χ0v) is 16.5. The van der Waals surface area contributed by atoms with Gasteiger partial charge in [-0.1, -0.05) is 6.42 Å². The van der Waals surface area contributed by atoms with E-state index in [-0.39, 0.29) is 10.8 Å². The lowest BCUT2D eigenvalue weighted by Gasteiger charge is -2.35. The van der Waals surface area contributed by atoms with Crippen LogP contribution in [0.5, 0.6) is 0 Å². The lowest BCUT2D eigenvalue weighted by molar-refractivity contribution is 0.0714. The SMILES string of the molecule is O=C(c1ccco1)N1CCN(c2ccc(S(=O)(=O)N3CCCCC3)cn2)CC1. The molecule has 2 aromatic heterocycles. The molecule has 150 valence electrons. The summed E-state index contributed by atoms with van der Waals surface area (Å²) in [5, 5.41) is 0. The Morgan fingerprint density at radius 1 is 0.964 bits per heavy atom. The lowest BCUT2D eigenvalue weighted by Crippen LogP contribution is -2.49. The van der Waals surface area contributed by atoms with Gasteiger partial charge < -0.3 is 14.2 Å². The highest BCUT2D eigenvalue weighted by molar-refractivity contribution is 7.89. The van der Waals surface area contributed by atoms with E-state index < -0.39 is 10.0 Å². The van der Waals surface area contributed by atoms with E-state index in [2.05, 4.69) is 9.88 Å². The van der Waals surface area contributed by atoms with Crippen LogP contribution in [0, 0.1) is 0 Å². The number of carbonyl (C=O) groups excluding carboxylic acids is 1. The van der Waals surface area contributed by atoms with Crippen LogP contribution in [-0.4, -0.2) is 67.8 Å². The third kappa shape index (κ3) is 3.77. The van der Waals surface area contributed by atoms with E-state index in [1.54, 1.807) is 33.5 Å². The fourth-order valence-corrected chi connectivity index (χ4v) is 5.12. The second-order valence-electron chi connectivity index (χ2n) is 7.07. The monoisotopic (exact) mass is 404 g/mol. The summed E-state index contributed by atoms with van der Waals surface area (Å²) in [7, 11) is -3.47. The Balaban J connectivity index is 1.39. The number of sulfonamides is 1. The number of carbonyl (C=O) groups is 1. The van der Waals surface area contributed by atoms with Crippen LogP contribution in [0.1, 0.15) is 29.8 Å². The van der Waals surface area contributed by atoms with Gasteiger partial charge in [0.1, 0.15) is 10.7 Å². The molecule has 0 aliphatic carbocycles. The molecule has 0 bridgehead atoms. The maximum atomic E-state index is 12.7. The summed E-state index contributed by atoms with van der Waals surface area (Å²) in [6.45, 7) is 3.56. The van der Waals surface area contributed by atoms with Gasteiger partial charge >= 0.3 is 0 Å². The number of hydrogen-bond donors (Lipinski definition) is 0. The minimum absolute atomic E-state index is 0.111. The van der Waals surface area contributed by atoms with Gasteiger partial charge in [0.05, 0.1) is 6.26 Å². The summed E-state index contributed by atoms with van der Waals surface area (Å²) in [6, 6.07) is 6.75. The number of aromatic nitrogens is 1. The number of anilines is 1. The lowest BCUT2D eigenvalue weighted by atomic mass is 10.2. The van der Waals surface area contributed by atoms with Crippen molar-refractivity contribution in [3.8, 4) is 0 Å². The van der Waals surface area contributed by atoms with E-state index in [9.17, 15) is 13.2 Å². The van der Waals surface area contributed by atoms with Crippen molar-refractivity contribution in [2.24, 2.45) is 0 Å². The first-order chi connectivity index (χ1) is 13.6. The van der Waals surface area contributed by atoms with Gasteiger partial charge in [-0.3, -0.25) is 4.79 Å². The molecule has 28 heavy (non-hydrogen) atoms. The number of furan rings is 1. The van der Waals surface area contributed by atoms with Crippen molar-refractivity contribution in [1.29, 1.82) is 0 Å². The quantitative estimate of drug-likeness (QED) is 0.772. The third-order valence-electron chi connectivity index (χ3n) is 5.30. The molecule has 9 heteroatoms. The summed E-state index contributed by atoms with van der Waals surface area (Å²) >= 11 is 0. The second-order valence-corrected chi connectivity index (χ2v) is 9.01. The topological polar surface area (TPSA) is 87.0 Å². The van der Waals surface area contributed by atoms with Gasteiger partial charge in [-0.05, 0) is 37.1 Å². The van der Waals surface area contributed by atoms with Crippen molar-refractivity contribution in [2.75, 3.05) is 44.2 Å². The maximum absolute atomic E-state index is 12.7. The summed E-state index contributed by atoms with van der Waals surface area (Å²) in [5.74, 6) is 0.960. The molecule has 0 spiro atoms. The Hall–Kier alpha value is -2.39. The molecular weight excluding hydrogens is 380 g/mol. The van der Waals surface area contributed by atoms with Gasteiger partial charge in [0.25, 0.3) is 5.91 Å². The molecule has 2 aliphatic heterocycles. The average molecular weight is 404 g/mol. The molecule has 1 amide bonds. The number of amides is 1. The fraction of sp³-hybridized carbons (Fsp3) is 0.474. The predicted octanol–water partition coefficient (Wildman–Crippen LogP) is 1.81. The van der Waals surface area contributed by atoms with Crippen LogP contribution in [0.15, 0.2) is 46.0 Å². The molecule has 0 saturated carbocycles. The number of piperazine rings is 1. The number of hydrogen-bond acceptors (Lipinski definition) is 6. The van der Waals surface area contributed by atoms with E-state index in [4.69, 9.17) is 4.42 Å². The van der Waals surface area contributed by atoms with E-state index in [1.165, 1.54) is 12.5 Å². The van der Waals surface area contributed by atoms with Gasteiger partial charge in [-0.2, -0.15) is 4.31 Å². The standard InChI is InChI=1S/C19H24N4O4S/c24-19(17-5-4-14-27-17)22-12-10-21(11-13-22)18-7-6-16(15-20-18)28(25,26)23-8-2-1-3-9-23/h4-7,14-15H,1-3,8-13H2. The minimum atomic E-state index is -3.47. The molecule has 2 aliphatic rings. The van der Waals surface area contributed by atoms with E-state index in [1.807, 2.05) is 0 Å². The zero-order valence-electron chi connectivity index (χ0n) is 15.7. The fourth-order valence-electron chi connectivity index (χ4n) is 3.66. The van der Waals surface area contributed by atoms with Gasteiger partial charge in [0, 0.05) is 45.5 Å². The molecule has 2 saturated heterocycles. The highest BCUT2D eigenvalue weighted by atomic mass is 32.2. The maximum Gasteiger partial charge on any atom is 0.289 e. The van der Waals surface area contributed by atoms with Crippen LogP contribution >= 0.6 is 0 Å². The Morgan fingerprint density at radius 2 is 1.71 bits per heavy atom. The normalized spacial score (nSPS) is 19.0. The van der Waals surface area contributed by atoms with Crippen molar-refractivity contribution in [3.63, 3.8) is 0 Å². The Kier molecular flexibility index (Phi) is 5.36. The predicted molar refractivity (Wildman–Crippen MR) is 104 cm³/mol. The van der Waals surface area contributed by atoms with Crippen molar-refractivity contribution >= 4 is 21.7 Å². The summed E-state index contributed by atoms with van der Waals surface area (Å²) in [5.41, 5.74) is 0. The van der Waals surface area contributed by atoms with E-state index >= 15 is 0 Å². The molecule has 4 heterocycles. The molecule has 2 aromatic rings. The molecule has 4 rings (SSSR count). The third-order valence-corrected chi connectivity index (χ3v) is 7.18. The van der Waals surface area contributed by atoms with Crippen molar-refractivity contribution < 1.29 is 17.6 Å². The van der Waals surface area contributed by atoms with Crippen molar-refractivity contribution in [1.82, 2.24) is 14.2 Å². The first-order valence-corrected chi connectivity index (χ1v) is 11.0. The Labute approximate surface area is 164 Å². The Morgan fingerprint density at radius 3 is 2.32 bits per heavy atom. The molecule has 0 unspecified atom stereocenters. The smallest absolute Gasteiger partial charge is 0.289 e. The average Bonchev–Trinajstić information content (AvgIpc) is 3.29. The van der Waals surface area contributed by atoms with Crippen LogP contribution < -0.4 is 4.90 Å². The highest BCUT2D eigenvalue weighted by Crippen LogP contribution is 2.22. The molecule has 2 fully saturated rings. The molecule has 0 N–H and O–H groups in total. The van der Waals surface area contributed by atoms with Gasteiger partial charge in [-0.25, -0.2) is 13.4 Å². The van der Waals surface area contributed by atoms with Crippen molar-refractivity contribution in [2.45, 2.75) is 24.2 Å².